The summed E-state index contributed by atoms with van der Waals surface area (Å²) in [5.74, 6) is -1.75. The number of aliphatic hydroxyl groups is 1. The van der Waals surface area contributed by atoms with Crippen LogP contribution in [0.3, 0.4) is 0 Å². The van der Waals surface area contributed by atoms with Crippen LogP contribution in [0.5, 0.6) is 0 Å². The number of amides is 3. The molecule has 10 nitrogen and oxygen atoms in total. The second-order valence-corrected chi connectivity index (χ2v) is 8.87. The summed E-state index contributed by atoms with van der Waals surface area (Å²) in [4.78, 5) is 39.9. The molecule has 0 radical (unpaired) electrons. The molecule has 0 fully saturated rings. The fourth-order valence-electron chi connectivity index (χ4n) is 2.80. The average molecular weight is 477 g/mol. The van der Waals surface area contributed by atoms with Gasteiger partial charge in [-0.2, -0.15) is 0 Å². The second kappa shape index (κ2) is 12.7. The van der Waals surface area contributed by atoms with Crippen molar-refractivity contribution in [3.05, 3.63) is 59.4 Å². The van der Waals surface area contributed by atoms with Gasteiger partial charge in [0.1, 0.15) is 5.69 Å². The van der Waals surface area contributed by atoms with Crippen molar-refractivity contribution < 1.29 is 27.9 Å². The molecule has 0 unspecified atom stereocenters. The van der Waals surface area contributed by atoms with E-state index in [9.17, 15) is 22.8 Å². The van der Waals surface area contributed by atoms with Crippen molar-refractivity contribution in [2.75, 3.05) is 19.7 Å². The average Bonchev–Trinajstić information content (AvgIpc) is 2.82. The lowest BCUT2D eigenvalue weighted by Gasteiger charge is -2.09. The molecule has 0 bridgehead atoms. The van der Waals surface area contributed by atoms with E-state index in [4.69, 9.17) is 5.11 Å². The molecule has 1 heterocycles. The zero-order chi connectivity index (χ0) is 24.3. The summed E-state index contributed by atoms with van der Waals surface area (Å²) < 4.78 is 27.0. The van der Waals surface area contributed by atoms with Crippen LogP contribution in [0.15, 0.2) is 47.5 Å². The summed E-state index contributed by atoms with van der Waals surface area (Å²) in [6.07, 6.45) is 5.19. The van der Waals surface area contributed by atoms with Crippen molar-refractivity contribution in [1.29, 1.82) is 0 Å². The number of pyridine rings is 1. The summed E-state index contributed by atoms with van der Waals surface area (Å²) in [6, 6.07) is 7.77. The van der Waals surface area contributed by atoms with Gasteiger partial charge < -0.3 is 15.7 Å². The Kier molecular flexibility index (Phi) is 9.95. The Labute approximate surface area is 192 Å². The number of nitrogens with zero attached hydrogens (tertiary/aromatic N) is 1. The summed E-state index contributed by atoms with van der Waals surface area (Å²) in [7, 11) is -4.18. The van der Waals surface area contributed by atoms with Gasteiger partial charge in [0.05, 0.1) is 17.1 Å². The third-order valence-corrected chi connectivity index (χ3v) is 5.97. The van der Waals surface area contributed by atoms with Gasteiger partial charge in [0, 0.05) is 24.8 Å². The molecule has 0 aliphatic rings. The van der Waals surface area contributed by atoms with Gasteiger partial charge in [0.15, 0.2) is 0 Å². The molecule has 0 saturated carbocycles. The molecular weight excluding hydrogens is 448 g/mol. The fourth-order valence-corrected chi connectivity index (χ4v) is 3.78. The van der Waals surface area contributed by atoms with Crippen molar-refractivity contribution in [3.8, 4) is 0 Å². The van der Waals surface area contributed by atoms with E-state index >= 15 is 0 Å². The molecule has 178 valence electrons. The first kappa shape index (κ1) is 25.9. The summed E-state index contributed by atoms with van der Waals surface area (Å²) >= 11 is 0. The Morgan fingerprint density at radius 2 is 1.52 bits per heavy atom. The molecule has 0 atom stereocenters. The number of nitrogens with one attached hydrogen (secondary N) is 3. The standard InChI is InChI=1S/C22H28N4O6S/c1-2-3-4-5-12-23-20(28)16-6-9-18(10-7-16)33(31,32)26-21(29)17-8-11-19(25-15-17)22(30)24-13-14-27/h6-11,15,27H,2-5,12-14H2,1H3,(H,23,28)(H,24,30)(H,26,29). The zero-order valence-electron chi connectivity index (χ0n) is 18.3. The number of unbranched alkanes of at least 4 members (excludes halogenated alkanes) is 3. The topological polar surface area (TPSA) is 155 Å². The van der Waals surface area contributed by atoms with E-state index in [1.807, 2.05) is 4.72 Å². The SMILES string of the molecule is CCCCCCNC(=O)c1ccc(S(=O)(=O)NC(=O)c2ccc(C(=O)NCCO)nc2)cc1. The molecule has 1 aromatic carbocycles. The van der Waals surface area contributed by atoms with Crippen LogP contribution in [0.25, 0.3) is 0 Å². The van der Waals surface area contributed by atoms with E-state index in [2.05, 4.69) is 22.5 Å². The number of aliphatic hydroxyl groups excluding tert-OH is 1. The van der Waals surface area contributed by atoms with Gasteiger partial charge in [-0.25, -0.2) is 13.1 Å². The lowest BCUT2D eigenvalue weighted by molar-refractivity contribution is 0.0934. The van der Waals surface area contributed by atoms with Crippen molar-refractivity contribution in [1.82, 2.24) is 20.3 Å². The van der Waals surface area contributed by atoms with Crippen molar-refractivity contribution in [2.24, 2.45) is 0 Å². The van der Waals surface area contributed by atoms with Gasteiger partial charge in [-0.3, -0.25) is 19.4 Å². The van der Waals surface area contributed by atoms with Gasteiger partial charge in [-0.15, -0.1) is 0 Å². The molecule has 0 aliphatic carbocycles. The van der Waals surface area contributed by atoms with Crippen LogP contribution >= 0.6 is 0 Å². The quantitative estimate of drug-likeness (QED) is 0.336. The van der Waals surface area contributed by atoms with Gasteiger partial charge in [-0.05, 0) is 42.8 Å². The minimum Gasteiger partial charge on any atom is -0.395 e. The van der Waals surface area contributed by atoms with E-state index in [1.54, 1.807) is 0 Å². The van der Waals surface area contributed by atoms with Crippen LogP contribution in [-0.2, 0) is 10.0 Å². The third kappa shape index (κ3) is 7.95. The fraction of sp³-hybridized carbons (Fsp3) is 0.364. The van der Waals surface area contributed by atoms with Gasteiger partial charge in [0.25, 0.3) is 27.7 Å². The number of benzene rings is 1. The number of carbonyl (C=O) groups excluding carboxylic acids is 3. The van der Waals surface area contributed by atoms with Gasteiger partial charge in [0.2, 0.25) is 0 Å². The predicted octanol–water partition coefficient (Wildman–Crippen LogP) is 1.23. The molecule has 3 amide bonds. The second-order valence-electron chi connectivity index (χ2n) is 7.19. The highest BCUT2D eigenvalue weighted by molar-refractivity contribution is 7.90. The Morgan fingerprint density at radius 1 is 0.848 bits per heavy atom. The molecule has 4 N–H and O–H groups in total. The van der Waals surface area contributed by atoms with Crippen LogP contribution in [0.2, 0.25) is 0 Å². The van der Waals surface area contributed by atoms with Crippen molar-refractivity contribution in [3.63, 3.8) is 0 Å². The van der Waals surface area contributed by atoms with E-state index < -0.39 is 21.8 Å². The Morgan fingerprint density at radius 3 is 2.12 bits per heavy atom. The third-order valence-electron chi connectivity index (χ3n) is 4.63. The Hall–Kier alpha value is -3.31. The van der Waals surface area contributed by atoms with E-state index in [0.29, 0.717) is 12.1 Å². The first-order valence-corrected chi connectivity index (χ1v) is 12.1. The number of aromatic nitrogens is 1. The Balaban J connectivity index is 1.97. The molecule has 0 saturated heterocycles. The molecule has 2 rings (SSSR count). The van der Waals surface area contributed by atoms with Crippen LogP contribution in [0.1, 0.15) is 63.8 Å². The zero-order valence-corrected chi connectivity index (χ0v) is 19.2. The summed E-state index contributed by atoms with van der Waals surface area (Å²) in [6.45, 7) is 2.48. The van der Waals surface area contributed by atoms with Gasteiger partial charge >= 0.3 is 0 Å². The minimum absolute atomic E-state index is 0.0158. The highest BCUT2D eigenvalue weighted by Gasteiger charge is 2.20. The van der Waals surface area contributed by atoms with E-state index in [1.165, 1.54) is 36.4 Å². The molecule has 11 heteroatoms. The number of rotatable bonds is 12. The normalized spacial score (nSPS) is 11.0. The molecule has 2 aromatic rings. The number of hydrogen-bond donors (Lipinski definition) is 4. The molecule has 0 spiro atoms. The van der Waals surface area contributed by atoms with Crippen LogP contribution in [0.4, 0.5) is 0 Å². The Bertz CT molecular complexity index is 1050. The van der Waals surface area contributed by atoms with Crippen LogP contribution < -0.4 is 15.4 Å². The largest absolute Gasteiger partial charge is 0.395 e. The maximum Gasteiger partial charge on any atom is 0.269 e. The molecule has 1 aromatic heterocycles. The van der Waals surface area contributed by atoms with Crippen molar-refractivity contribution >= 4 is 27.7 Å². The van der Waals surface area contributed by atoms with E-state index in [0.717, 1.165) is 31.9 Å². The highest BCUT2D eigenvalue weighted by Crippen LogP contribution is 2.12. The highest BCUT2D eigenvalue weighted by atomic mass is 32.2. The van der Waals surface area contributed by atoms with Crippen LogP contribution in [0, 0.1) is 0 Å². The maximum atomic E-state index is 12.5. The minimum atomic E-state index is -4.18. The number of carbonyl (C=O) groups is 3. The summed E-state index contributed by atoms with van der Waals surface area (Å²) in [5.41, 5.74) is 0.272. The maximum absolute atomic E-state index is 12.5. The smallest absolute Gasteiger partial charge is 0.269 e. The van der Waals surface area contributed by atoms with Crippen molar-refractivity contribution in [2.45, 2.75) is 37.5 Å². The lowest BCUT2D eigenvalue weighted by Crippen LogP contribution is -2.31. The lowest BCUT2D eigenvalue weighted by atomic mass is 10.2. The van der Waals surface area contributed by atoms with Crippen LogP contribution in [-0.4, -0.2) is 55.9 Å². The van der Waals surface area contributed by atoms with Gasteiger partial charge in [-0.1, -0.05) is 26.2 Å². The predicted molar refractivity (Wildman–Crippen MR) is 121 cm³/mol. The first-order chi connectivity index (χ1) is 15.8. The molecular formula is C22H28N4O6S. The number of sulfonamides is 1. The molecule has 33 heavy (non-hydrogen) atoms. The summed E-state index contributed by atoms with van der Waals surface area (Å²) in [5, 5.41) is 13.9. The number of hydrogen-bond acceptors (Lipinski definition) is 7. The monoisotopic (exact) mass is 476 g/mol. The first-order valence-electron chi connectivity index (χ1n) is 10.6. The molecule has 0 aliphatic heterocycles. The van der Waals surface area contributed by atoms with E-state index in [-0.39, 0.29) is 35.2 Å².